The highest BCUT2D eigenvalue weighted by Crippen LogP contribution is 2.29. The first kappa shape index (κ1) is 14.3. The number of hydrogen-bond acceptors (Lipinski definition) is 6. The van der Waals surface area contributed by atoms with E-state index in [2.05, 4.69) is 15.0 Å². The number of nitrogens with one attached hydrogen (secondary N) is 1. The van der Waals surface area contributed by atoms with Crippen LogP contribution < -0.4 is 5.56 Å². The molecule has 8 heteroatoms. The third-order valence-electron chi connectivity index (χ3n) is 2.95. The fraction of sp³-hybridized carbons (Fsp3) is 0.308. The average molecular weight is 322 g/mol. The van der Waals surface area contributed by atoms with Gasteiger partial charge in [0.25, 0.3) is 5.56 Å². The largest absolute Gasteiger partial charge is 0.390 e. The number of imidazole rings is 1. The Kier molecular flexibility index (Phi) is 4.09. The third kappa shape index (κ3) is 2.87. The number of H-pyrrole nitrogens is 1. The Morgan fingerprint density at radius 3 is 3.10 bits per heavy atom. The molecule has 3 heterocycles. The summed E-state index contributed by atoms with van der Waals surface area (Å²) in [7, 11) is 0. The van der Waals surface area contributed by atoms with E-state index >= 15 is 0 Å². The van der Waals surface area contributed by atoms with Crippen LogP contribution in [0.5, 0.6) is 0 Å². The van der Waals surface area contributed by atoms with Crippen molar-refractivity contribution in [2.24, 2.45) is 0 Å². The number of aryl methyl sites for hydroxylation is 1. The van der Waals surface area contributed by atoms with E-state index in [9.17, 15) is 9.90 Å². The van der Waals surface area contributed by atoms with Gasteiger partial charge in [0.1, 0.15) is 5.03 Å². The van der Waals surface area contributed by atoms with Gasteiger partial charge in [0.15, 0.2) is 10.1 Å². The number of hydrogen-bond donors (Lipinski definition) is 2. The van der Waals surface area contributed by atoms with Crippen molar-refractivity contribution in [1.82, 2.24) is 19.4 Å². The summed E-state index contributed by atoms with van der Waals surface area (Å²) in [6.07, 6.45) is 3.57. The highest BCUT2D eigenvalue weighted by atomic mass is 32.2. The molecule has 0 spiro atoms. The number of aliphatic hydroxyl groups excluding tert-OH is 1. The first-order valence-electron chi connectivity index (χ1n) is 6.54. The molecule has 0 saturated carbocycles. The van der Waals surface area contributed by atoms with E-state index < -0.39 is 0 Å². The minimum atomic E-state index is -0.164. The zero-order valence-corrected chi connectivity index (χ0v) is 13.0. The average Bonchev–Trinajstić information content (AvgIpc) is 2.98. The number of rotatable bonds is 5. The van der Waals surface area contributed by atoms with Crippen LogP contribution in [0.1, 0.15) is 24.7 Å². The molecule has 21 heavy (non-hydrogen) atoms. The normalized spacial score (nSPS) is 11.3. The minimum absolute atomic E-state index is 0.112. The fourth-order valence-electron chi connectivity index (χ4n) is 2.05. The predicted octanol–water partition coefficient (Wildman–Crippen LogP) is 2.08. The molecule has 3 aromatic heterocycles. The predicted molar refractivity (Wildman–Crippen MR) is 82.0 cm³/mol. The molecule has 2 N–H and O–H groups in total. The summed E-state index contributed by atoms with van der Waals surface area (Å²) in [5.41, 5.74) is 1.32. The lowest BCUT2D eigenvalue weighted by Crippen LogP contribution is -2.10. The smallest absolute Gasteiger partial charge is 0.251 e. The topological polar surface area (TPSA) is 83.3 Å². The van der Waals surface area contributed by atoms with E-state index in [0.717, 1.165) is 23.5 Å². The van der Waals surface area contributed by atoms with Gasteiger partial charge in [-0.2, -0.15) is 0 Å². The molecule has 0 fully saturated rings. The Hall–Kier alpha value is -1.64. The van der Waals surface area contributed by atoms with Gasteiger partial charge in [-0.3, -0.25) is 9.20 Å². The molecule has 0 radical (unpaired) electrons. The molecule has 0 aliphatic rings. The van der Waals surface area contributed by atoms with Crippen molar-refractivity contribution in [3.8, 4) is 0 Å². The fourth-order valence-corrected chi connectivity index (χ4v) is 3.75. The van der Waals surface area contributed by atoms with E-state index in [0.29, 0.717) is 15.9 Å². The van der Waals surface area contributed by atoms with Crippen LogP contribution in [-0.4, -0.2) is 24.5 Å². The van der Waals surface area contributed by atoms with Crippen LogP contribution in [-0.2, 0) is 13.0 Å². The van der Waals surface area contributed by atoms with E-state index in [1.165, 1.54) is 29.2 Å². The first-order valence-corrected chi connectivity index (χ1v) is 8.24. The number of aliphatic hydroxyl groups is 1. The maximum Gasteiger partial charge on any atom is 0.251 e. The first-order chi connectivity index (χ1) is 10.2. The van der Waals surface area contributed by atoms with Gasteiger partial charge >= 0.3 is 0 Å². The number of fused-ring (bicyclic) bond motifs is 1. The van der Waals surface area contributed by atoms with Crippen LogP contribution in [0.3, 0.4) is 0 Å². The summed E-state index contributed by atoms with van der Waals surface area (Å²) in [6.45, 7) is 1.93. The lowest BCUT2D eigenvalue weighted by Gasteiger charge is -2.03. The molecule has 0 atom stereocenters. The Morgan fingerprint density at radius 1 is 1.48 bits per heavy atom. The summed E-state index contributed by atoms with van der Waals surface area (Å²) in [5, 5.41) is 12.6. The lowest BCUT2D eigenvalue weighted by molar-refractivity contribution is 0.272. The Labute approximate surface area is 128 Å². The summed E-state index contributed by atoms with van der Waals surface area (Å²) in [4.78, 5) is 24.1. The molecule has 0 aliphatic carbocycles. The van der Waals surface area contributed by atoms with E-state index in [-0.39, 0.29) is 12.2 Å². The van der Waals surface area contributed by atoms with Gasteiger partial charge < -0.3 is 10.1 Å². The SMILES string of the molecule is CCCc1cc(=O)[nH]c(Sc2nc3sccn3c2CO)n1. The Balaban J connectivity index is 1.98. The second-order valence-corrected chi connectivity index (χ2v) is 6.32. The van der Waals surface area contributed by atoms with Crippen molar-refractivity contribution in [3.63, 3.8) is 0 Å². The van der Waals surface area contributed by atoms with Crippen molar-refractivity contribution in [2.75, 3.05) is 0 Å². The van der Waals surface area contributed by atoms with E-state index in [1.54, 1.807) is 0 Å². The van der Waals surface area contributed by atoms with Crippen LogP contribution in [0.25, 0.3) is 4.96 Å². The minimum Gasteiger partial charge on any atom is -0.390 e. The lowest BCUT2D eigenvalue weighted by atomic mass is 10.2. The van der Waals surface area contributed by atoms with Gasteiger partial charge in [-0.15, -0.1) is 11.3 Å². The number of aromatic nitrogens is 4. The van der Waals surface area contributed by atoms with Crippen LogP contribution in [0.2, 0.25) is 0 Å². The van der Waals surface area contributed by atoms with Crippen molar-refractivity contribution in [1.29, 1.82) is 0 Å². The zero-order chi connectivity index (χ0) is 14.8. The Bertz CT molecular complexity index is 821. The standard InChI is InChI=1S/C13H14N4O2S2/c1-2-3-8-6-10(19)15-12(14-8)21-11-9(7-18)17-4-5-20-13(17)16-11/h4-6,18H,2-3,7H2,1H3,(H,14,15,19). The van der Waals surface area contributed by atoms with Crippen molar-refractivity contribution in [3.05, 3.63) is 39.4 Å². The van der Waals surface area contributed by atoms with Crippen LogP contribution in [0.15, 0.2) is 32.6 Å². The zero-order valence-electron chi connectivity index (χ0n) is 11.4. The molecule has 6 nitrogen and oxygen atoms in total. The highest BCUT2D eigenvalue weighted by Gasteiger charge is 2.15. The van der Waals surface area contributed by atoms with Crippen molar-refractivity contribution < 1.29 is 5.11 Å². The van der Waals surface area contributed by atoms with Crippen LogP contribution in [0.4, 0.5) is 0 Å². The van der Waals surface area contributed by atoms with Crippen LogP contribution >= 0.6 is 23.1 Å². The van der Waals surface area contributed by atoms with Gasteiger partial charge in [-0.05, 0) is 18.2 Å². The summed E-state index contributed by atoms with van der Waals surface area (Å²) < 4.78 is 1.85. The van der Waals surface area contributed by atoms with Gasteiger partial charge in [0, 0.05) is 23.3 Å². The maximum atomic E-state index is 11.7. The molecule has 0 bridgehead atoms. The quantitative estimate of drug-likeness (QED) is 0.703. The monoisotopic (exact) mass is 322 g/mol. The highest BCUT2D eigenvalue weighted by molar-refractivity contribution is 7.99. The van der Waals surface area contributed by atoms with Gasteiger partial charge in [0.2, 0.25) is 0 Å². The van der Waals surface area contributed by atoms with Crippen molar-refractivity contribution in [2.45, 2.75) is 36.6 Å². The summed E-state index contributed by atoms with van der Waals surface area (Å²) in [5.74, 6) is 0. The molecule has 0 amide bonds. The van der Waals surface area contributed by atoms with E-state index in [1.807, 2.05) is 22.9 Å². The number of thiazole rings is 1. The summed E-state index contributed by atoms with van der Waals surface area (Å²) >= 11 is 2.77. The number of nitrogens with zero attached hydrogens (tertiary/aromatic N) is 3. The molecule has 3 aromatic rings. The molecular weight excluding hydrogens is 308 g/mol. The van der Waals surface area contributed by atoms with Gasteiger partial charge in [-0.25, -0.2) is 9.97 Å². The molecule has 0 aromatic carbocycles. The van der Waals surface area contributed by atoms with Gasteiger partial charge in [0.05, 0.1) is 12.3 Å². The van der Waals surface area contributed by atoms with E-state index in [4.69, 9.17) is 0 Å². The Morgan fingerprint density at radius 2 is 2.33 bits per heavy atom. The van der Waals surface area contributed by atoms with Crippen LogP contribution in [0, 0.1) is 0 Å². The molecular formula is C13H14N4O2S2. The molecule has 0 saturated heterocycles. The second-order valence-electron chi connectivity index (χ2n) is 4.47. The van der Waals surface area contributed by atoms with Gasteiger partial charge in [-0.1, -0.05) is 13.3 Å². The van der Waals surface area contributed by atoms with Crippen molar-refractivity contribution >= 4 is 28.1 Å². The molecule has 3 rings (SSSR count). The second kappa shape index (κ2) is 6.00. The number of aromatic amines is 1. The third-order valence-corrected chi connectivity index (χ3v) is 4.61. The molecule has 110 valence electrons. The molecule has 0 aliphatic heterocycles. The molecule has 0 unspecified atom stereocenters. The maximum absolute atomic E-state index is 11.7. The summed E-state index contributed by atoms with van der Waals surface area (Å²) in [6, 6.07) is 1.52.